The van der Waals surface area contributed by atoms with E-state index in [0.717, 1.165) is 38.8 Å². The van der Waals surface area contributed by atoms with Crippen LogP contribution in [-0.4, -0.2) is 34.7 Å². The lowest BCUT2D eigenvalue weighted by Crippen LogP contribution is -2.54. The zero-order chi connectivity index (χ0) is 12.6. The molecule has 0 radical (unpaired) electrons. The van der Waals surface area contributed by atoms with Gasteiger partial charge in [0.2, 0.25) is 0 Å². The van der Waals surface area contributed by atoms with Crippen LogP contribution in [0.2, 0.25) is 0 Å². The van der Waals surface area contributed by atoms with E-state index in [1.807, 2.05) is 6.08 Å². The molecule has 2 heteroatoms. The van der Waals surface area contributed by atoms with E-state index < -0.39 is 0 Å². The Morgan fingerprint density at radius 3 is 2.25 bits per heavy atom. The maximum absolute atomic E-state index is 10.4. The first-order chi connectivity index (χ1) is 7.56. The second kappa shape index (κ2) is 7.86. The van der Waals surface area contributed by atoms with Crippen LogP contribution in [-0.2, 0) is 0 Å². The fourth-order valence-corrected chi connectivity index (χ4v) is 2.38. The Bertz CT molecular complexity index is 189. The van der Waals surface area contributed by atoms with E-state index in [1.54, 1.807) is 0 Å². The number of likely N-dealkylation sites (N-methyl/N-ethyl adjacent to an activating group) is 1. The molecule has 0 aliphatic carbocycles. The van der Waals surface area contributed by atoms with Crippen LogP contribution in [0.25, 0.3) is 0 Å². The van der Waals surface area contributed by atoms with Gasteiger partial charge >= 0.3 is 0 Å². The summed E-state index contributed by atoms with van der Waals surface area (Å²) in [5, 5.41) is 10.4. The molecular formula is C14H29NO. The molecule has 0 fully saturated rings. The van der Waals surface area contributed by atoms with Crippen LogP contribution < -0.4 is 0 Å². The van der Waals surface area contributed by atoms with Crippen LogP contribution in [0.1, 0.15) is 53.4 Å². The second-order valence-electron chi connectivity index (χ2n) is 4.62. The molecule has 0 aliphatic rings. The highest BCUT2D eigenvalue weighted by Gasteiger charge is 2.35. The zero-order valence-corrected chi connectivity index (χ0v) is 11.5. The molecule has 0 heterocycles. The largest absolute Gasteiger partial charge is 0.391 e. The van der Waals surface area contributed by atoms with Gasteiger partial charge in [0.25, 0.3) is 0 Å². The minimum atomic E-state index is -0.239. The molecule has 1 N–H and O–H groups in total. The highest BCUT2D eigenvalue weighted by molar-refractivity contribution is 4.91. The van der Waals surface area contributed by atoms with Crippen LogP contribution in [0.4, 0.5) is 0 Å². The lowest BCUT2D eigenvalue weighted by atomic mass is 9.86. The fraction of sp³-hybridized carbons (Fsp3) is 0.857. The molecule has 0 spiro atoms. The molecule has 2 nitrogen and oxygen atoms in total. The third-order valence-corrected chi connectivity index (χ3v) is 3.81. The van der Waals surface area contributed by atoms with Crippen molar-refractivity contribution < 1.29 is 5.11 Å². The van der Waals surface area contributed by atoms with Gasteiger partial charge in [0.15, 0.2) is 0 Å². The molecule has 0 saturated heterocycles. The molecule has 96 valence electrons. The third kappa shape index (κ3) is 3.91. The summed E-state index contributed by atoms with van der Waals surface area (Å²) in [6.07, 6.45) is 5.57. The van der Waals surface area contributed by atoms with E-state index in [4.69, 9.17) is 0 Å². The van der Waals surface area contributed by atoms with Crippen molar-refractivity contribution in [3.63, 3.8) is 0 Å². The van der Waals surface area contributed by atoms with E-state index in [2.05, 4.69) is 39.2 Å². The van der Waals surface area contributed by atoms with Crippen LogP contribution in [0.15, 0.2) is 12.7 Å². The summed E-state index contributed by atoms with van der Waals surface area (Å²) in [4.78, 5) is 2.37. The highest BCUT2D eigenvalue weighted by Crippen LogP contribution is 2.26. The monoisotopic (exact) mass is 227 g/mol. The van der Waals surface area contributed by atoms with Gasteiger partial charge < -0.3 is 5.11 Å². The summed E-state index contributed by atoms with van der Waals surface area (Å²) in [6.45, 7) is 14.4. The van der Waals surface area contributed by atoms with Gasteiger partial charge in [0.05, 0.1) is 6.10 Å². The van der Waals surface area contributed by atoms with Crippen molar-refractivity contribution in [1.82, 2.24) is 4.90 Å². The van der Waals surface area contributed by atoms with Crippen LogP contribution in [0, 0.1) is 0 Å². The van der Waals surface area contributed by atoms with Crippen molar-refractivity contribution >= 4 is 0 Å². The predicted molar refractivity (Wildman–Crippen MR) is 71.7 cm³/mol. The second-order valence-corrected chi connectivity index (χ2v) is 4.62. The molecule has 2 unspecified atom stereocenters. The van der Waals surface area contributed by atoms with Crippen molar-refractivity contribution in [2.24, 2.45) is 0 Å². The van der Waals surface area contributed by atoms with E-state index in [0.29, 0.717) is 0 Å². The number of hydrogen-bond donors (Lipinski definition) is 1. The molecule has 0 aliphatic heterocycles. The first kappa shape index (κ1) is 15.7. The van der Waals surface area contributed by atoms with Crippen molar-refractivity contribution in [1.29, 1.82) is 0 Å². The molecule has 0 aromatic carbocycles. The van der Waals surface area contributed by atoms with Gasteiger partial charge in [-0.2, -0.15) is 0 Å². The average Bonchev–Trinajstić information content (AvgIpc) is 2.30. The maximum Gasteiger partial charge on any atom is 0.0721 e. The number of aliphatic hydroxyl groups excluding tert-OH is 1. The van der Waals surface area contributed by atoms with E-state index in [-0.39, 0.29) is 11.6 Å². The lowest BCUT2D eigenvalue weighted by Gasteiger charge is -2.43. The average molecular weight is 227 g/mol. The SMILES string of the molecule is C=CCCCC(O)C(C)(CC)N(CC)CC. The van der Waals surface area contributed by atoms with Crippen molar-refractivity contribution in [3.05, 3.63) is 12.7 Å². The number of allylic oxidation sites excluding steroid dienone is 1. The smallest absolute Gasteiger partial charge is 0.0721 e. The zero-order valence-electron chi connectivity index (χ0n) is 11.5. The Morgan fingerprint density at radius 1 is 1.31 bits per heavy atom. The quantitative estimate of drug-likeness (QED) is 0.483. The standard InChI is InChI=1S/C14H29NO/c1-6-10-11-12-13(16)14(5,7-2)15(8-3)9-4/h6,13,16H,1,7-12H2,2-5H3. The Labute approximate surface area is 101 Å². The van der Waals surface area contributed by atoms with Gasteiger partial charge in [0, 0.05) is 5.54 Å². The van der Waals surface area contributed by atoms with Crippen LogP contribution in [0.5, 0.6) is 0 Å². The lowest BCUT2D eigenvalue weighted by molar-refractivity contribution is -0.0244. The fourth-order valence-electron chi connectivity index (χ4n) is 2.38. The summed E-state index contributed by atoms with van der Waals surface area (Å²) in [5.41, 5.74) is -0.0787. The number of unbranched alkanes of at least 4 members (excludes halogenated alkanes) is 1. The van der Waals surface area contributed by atoms with Crippen LogP contribution in [0.3, 0.4) is 0 Å². The minimum absolute atomic E-state index is 0.0787. The summed E-state index contributed by atoms with van der Waals surface area (Å²) in [5.74, 6) is 0. The molecule has 0 amide bonds. The molecule has 2 atom stereocenters. The summed E-state index contributed by atoms with van der Waals surface area (Å²) < 4.78 is 0. The van der Waals surface area contributed by atoms with E-state index >= 15 is 0 Å². The summed E-state index contributed by atoms with van der Waals surface area (Å²) in [7, 11) is 0. The minimum Gasteiger partial charge on any atom is -0.391 e. The third-order valence-electron chi connectivity index (χ3n) is 3.81. The molecular weight excluding hydrogens is 198 g/mol. The van der Waals surface area contributed by atoms with Gasteiger partial charge in [-0.3, -0.25) is 4.90 Å². The first-order valence-corrected chi connectivity index (χ1v) is 6.60. The normalized spacial score (nSPS) is 17.1. The molecule has 0 rings (SSSR count). The summed E-state index contributed by atoms with van der Waals surface area (Å²) >= 11 is 0. The van der Waals surface area contributed by atoms with Crippen molar-refractivity contribution in [2.45, 2.75) is 65.0 Å². The summed E-state index contributed by atoms with van der Waals surface area (Å²) in [6, 6.07) is 0. The van der Waals surface area contributed by atoms with Gasteiger partial charge in [-0.05, 0) is 45.7 Å². The molecule has 0 bridgehead atoms. The van der Waals surface area contributed by atoms with Crippen molar-refractivity contribution in [2.75, 3.05) is 13.1 Å². The van der Waals surface area contributed by atoms with Gasteiger partial charge in [-0.25, -0.2) is 0 Å². The number of nitrogens with zero attached hydrogens (tertiary/aromatic N) is 1. The Kier molecular flexibility index (Phi) is 7.69. The van der Waals surface area contributed by atoms with Gasteiger partial charge in [-0.1, -0.05) is 26.8 Å². The van der Waals surface area contributed by atoms with E-state index in [1.165, 1.54) is 0 Å². The van der Waals surface area contributed by atoms with E-state index in [9.17, 15) is 5.11 Å². The molecule has 0 saturated carbocycles. The maximum atomic E-state index is 10.4. The Balaban J connectivity index is 4.46. The molecule has 0 aromatic heterocycles. The number of aliphatic hydroxyl groups is 1. The molecule has 0 aromatic rings. The van der Waals surface area contributed by atoms with Gasteiger partial charge in [-0.15, -0.1) is 6.58 Å². The topological polar surface area (TPSA) is 23.5 Å². The van der Waals surface area contributed by atoms with Crippen LogP contribution >= 0.6 is 0 Å². The van der Waals surface area contributed by atoms with Crippen molar-refractivity contribution in [3.8, 4) is 0 Å². The molecule has 16 heavy (non-hydrogen) atoms. The predicted octanol–water partition coefficient (Wildman–Crippen LogP) is 3.21. The number of rotatable bonds is 9. The Hall–Kier alpha value is -0.340. The first-order valence-electron chi connectivity index (χ1n) is 6.60. The Morgan fingerprint density at radius 2 is 1.88 bits per heavy atom. The highest BCUT2D eigenvalue weighted by atomic mass is 16.3. The number of hydrogen-bond acceptors (Lipinski definition) is 2. The van der Waals surface area contributed by atoms with Gasteiger partial charge in [0.1, 0.15) is 0 Å².